The standard InChI is InChI=1S/C19H27NO3/c1-18(2)12-15(9-10-20(18)13-19(3,4)23)11-14-5-7-16(8-6-14)17(21)22/h5-8,11,23H,9-10,12-13H2,1-4H3,(H,21,22). The predicted molar refractivity (Wildman–Crippen MR) is 92.6 cm³/mol. The van der Waals surface area contributed by atoms with Crippen molar-refractivity contribution in [2.24, 2.45) is 0 Å². The number of likely N-dealkylation sites (tertiary alicyclic amines) is 1. The first-order valence-electron chi connectivity index (χ1n) is 8.07. The van der Waals surface area contributed by atoms with Crippen LogP contribution in [-0.2, 0) is 0 Å². The predicted octanol–water partition coefficient (Wildman–Crippen LogP) is 3.41. The van der Waals surface area contributed by atoms with Gasteiger partial charge in [0.1, 0.15) is 0 Å². The monoisotopic (exact) mass is 317 g/mol. The summed E-state index contributed by atoms with van der Waals surface area (Å²) in [5.74, 6) is -0.898. The minimum Gasteiger partial charge on any atom is -0.478 e. The van der Waals surface area contributed by atoms with E-state index in [4.69, 9.17) is 5.11 Å². The van der Waals surface area contributed by atoms with Gasteiger partial charge in [-0.1, -0.05) is 23.8 Å². The first-order chi connectivity index (χ1) is 10.6. The number of carbonyl (C=O) groups is 1. The lowest BCUT2D eigenvalue weighted by molar-refractivity contribution is -0.00836. The molecule has 1 aromatic rings. The fourth-order valence-electron chi connectivity index (χ4n) is 3.18. The van der Waals surface area contributed by atoms with Crippen LogP contribution in [-0.4, -0.2) is 45.3 Å². The van der Waals surface area contributed by atoms with Crippen molar-refractivity contribution < 1.29 is 15.0 Å². The van der Waals surface area contributed by atoms with Gasteiger partial charge in [0.05, 0.1) is 11.2 Å². The zero-order chi connectivity index (χ0) is 17.3. The average Bonchev–Trinajstić information content (AvgIpc) is 2.41. The molecule has 0 amide bonds. The highest BCUT2D eigenvalue weighted by atomic mass is 16.4. The lowest BCUT2D eigenvalue weighted by Gasteiger charge is -2.45. The average molecular weight is 317 g/mol. The Labute approximate surface area is 138 Å². The normalized spacial score (nSPS) is 20.7. The van der Waals surface area contributed by atoms with Gasteiger partial charge in [0.2, 0.25) is 0 Å². The van der Waals surface area contributed by atoms with Crippen molar-refractivity contribution in [3.05, 3.63) is 41.0 Å². The molecule has 0 aliphatic carbocycles. The number of nitrogens with zero attached hydrogens (tertiary/aromatic N) is 1. The fourth-order valence-corrected chi connectivity index (χ4v) is 3.18. The summed E-state index contributed by atoms with van der Waals surface area (Å²) in [5, 5.41) is 19.0. The van der Waals surface area contributed by atoms with Crippen LogP contribution < -0.4 is 0 Å². The number of hydrogen-bond donors (Lipinski definition) is 2. The summed E-state index contributed by atoms with van der Waals surface area (Å²) in [5.41, 5.74) is 2.03. The van der Waals surface area contributed by atoms with Gasteiger partial charge in [-0.15, -0.1) is 0 Å². The first kappa shape index (κ1) is 17.7. The molecule has 0 radical (unpaired) electrons. The van der Waals surface area contributed by atoms with E-state index in [9.17, 15) is 9.90 Å². The Balaban J connectivity index is 2.10. The molecule has 0 bridgehead atoms. The summed E-state index contributed by atoms with van der Waals surface area (Å²) in [6.45, 7) is 9.70. The molecule has 0 unspecified atom stereocenters. The van der Waals surface area contributed by atoms with E-state index in [0.717, 1.165) is 24.9 Å². The van der Waals surface area contributed by atoms with E-state index < -0.39 is 11.6 Å². The van der Waals surface area contributed by atoms with Crippen LogP contribution in [0.4, 0.5) is 0 Å². The Hall–Kier alpha value is -1.65. The Kier molecular flexibility index (Phi) is 4.97. The molecule has 1 fully saturated rings. The van der Waals surface area contributed by atoms with Gasteiger partial charge in [-0.3, -0.25) is 4.90 Å². The molecule has 126 valence electrons. The minimum atomic E-state index is -0.898. The Morgan fingerprint density at radius 1 is 1.30 bits per heavy atom. The van der Waals surface area contributed by atoms with Crippen LogP contribution in [0.2, 0.25) is 0 Å². The number of piperidine rings is 1. The van der Waals surface area contributed by atoms with Crippen LogP contribution >= 0.6 is 0 Å². The second kappa shape index (κ2) is 6.46. The van der Waals surface area contributed by atoms with Gasteiger partial charge in [0, 0.05) is 18.6 Å². The van der Waals surface area contributed by atoms with Crippen LogP contribution in [0.15, 0.2) is 29.8 Å². The van der Waals surface area contributed by atoms with E-state index in [1.165, 1.54) is 5.57 Å². The quantitative estimate of drug-likeness (QED) is 0.893. The number of hydrogen-bond acceptors (Lipinski definition) is 3. The molecule has 0 aromatic heterocycles. The van der Waals surface area contributed by atoms with Gasteiger partial charge in [-0.25, -0.2) is 4.79 Å². The molecule has 1 aromatic carbocycles. The summed E-state index contributed by atoms with van der Waals surface area (Å²) in [6, 6.07) is 6.99. The number of aromatic carboxylic acids is 1. The highest BCUT2D eigenvalue weighted by Crippen LogP contribution is 2.33. The van der Waals surface area contributed by atoms with E-state index in [0.29, 0.717) is 12.1 Å². The van der Waals surface area contributed by atoms with Crippen molar-refractivity contribution in [2.75, 3.05) is 13.1 Å². The van der Waals surface area contributed by atoms with Gasteiger partial charge in [0.25, 0.3) is 0 Å². The van der Waals surface area contributed by atoms with Crippen LogP contribution in [0.25, 0.3) is 6.08 Å². The summed E-state index contributed by atoms with van der Waals surface area (Å²) in [6.07, 6.45) is 4.08. The molecule has 2 rings (SSSR count). The second-order valence-electron chi connectivity index (χ2n) is 7.70. The summed E-state index contributed by atoms with van der Waals surface area (Å²) >= 11 is 0. The molecule has 2 N–H and O–H groups in total. The van der Waals surface area contributed by atoms with Crippen LogP contribution in [0.1, 0.15) is 56.5 Å². The fraction of sp³-hybridized carbons (Fsp3) is 0.526. The zero-order valence-electron chi connectivity index (χ0n) is 14.5. The summed E-state index contributed by atoms with van der Waals surface area (Å²) < 4.78 is 0. The molecular formula is C19H27NO3. The first-order valence-corrected chi connectivity index (χ1v) is 8.07. The Bertz CT molecular complexity index is 594. The molecule has 4 heteroatoms. The minimum absolute atomic E-state index is 0.00505. The third-order valence-corrected chi connectivity index (χ3v) is 4.32. The van der Waals surface area contributed by atoms with Crippen LogP contribution in [0, 0.1) is 0 Å². The molecule has 1 saturated heterocycles. The van der Waals surface area contributed by atoms with Gasteiger partial charge in [0.15, 0.2) is 0 Å². The molecular weight excluding hydrogens is 290 g/mol. The van der Waals surface area contributed by atoms with E-state index in [-0.39, 0.29) is 5.54 Å². The van der Waals surface area contributed by atoms with Gasteiger partial charge in [-0.2, -0.15) is 0 Å². The number of benzene rings is 1. The maximum absolute atomic E-state index is 10.9. The molecule has 0 spiro atoms. The molecule has 4 nitrogen and oxygen atoms in total. The smallest absolute Gasteiger partial charge is 0.335 e. The Morgan fingerprint density at radius 3 is 2.39 bits per heavy atom. The molecule has 0 atom stereocenters. The highest BCUT2D eigenvalue weighted by Gasteiger charge is 2.34. The van der Waals surface area contributed by atoms with Crippen LogP contribution in [0.3, 0.4) is 0 Å². The third kappa shape index (κ3) is 4.91. The SMILES string of the molecule is CC(C)(O)CN1CCC(=Cc2ccc(C(=O)O)cc2)CC1(C)C. The van der Waals surface area contributed by atoms with Crippen molar-refractivity contribution >= 4 is 12.0 Å². The van der Waals surface area contributed by atoms with Crippen molar-refractivity contribution in [3.8, 4) is 0 Å². The highest BCUT2D eigenvalue weighted by molar-refractivity contribution is 5.87. The molecule has 1 aliphatic heterocycles. The second-order valence-corrected chi connectivity index (χ2v) is 7.70. The lowest BCUT2D eigenvalue weighted by atomic mass is 9.85. The van der Waals surface area contributed by atoms with E-state index in [2.05, 4.69) is 24.8 Å². The summed E-state index contributed by atoms with van der Waals surface area (Å²) in [7, 11) is 0. The van der Waals surface area contributed by atoms with E-state index in [1.807, 2.05) is 26.0 Å². The molecule has 1 aliphatic rings. The maximum atomic E-state index is 10.9. The number of β-amino-alcohol motifs (C(OH)–C–C–N with tert-alkyl or cyclic N) is 1. The van der Waals surface area contributed by atoms with Crippen LogP contribution in [0.5, 0.6) is 0 Å². The Morgan fingerprint density at radius 2 is 1.91 bits per heavy atom. The number of carboxylic acids is 1. The lowest BCUT2D eigenvalue weighted by Crippen LogP contribution is -2.53. The summed E-state index contributed by atoms with van der Waals surface area (Å²) in [4.78, 5) is 13.2. The molecule has 0 saturated carbocycles. The number of carboxylic acid groups (broad SMARTS) is 1. The van der Waals surface area contributed by atoms with Gasteiger partial charge < -0.3 is 10.2 Å². The largest absolute Gasteiger partial charge is 0.478 e. The zero-order valence-corrected chi connectivity index (χ0v) is 14.5. The molecule has 1 heterocycles. The number of aliphatic hydroxyl groups is 1. The third-order valence-electron chi connectivity index (χ3n) is 4.32. The van der Waals surface area contributed by atoms with Crippen molar-refractivity contribution in [1.82, 2.24) is 4.90 Å². The maximum Gasteiger partial charge on any atom is 0.335 e. The van der Waals surface area contributed by atoms with Gasteiger partial charge >= 0.3 is 5.97 Å². The van der Waals surface area contributed by atoms with Gasteiger partial charge in [-0.05, 0) is 58.2 Å². The van der Waals surface area contributed by atoms with E-state index in [1.54, 1.807) is 12.1 Å². The van der Waals surface area contributed by atoms with Crippen molar-refractivity contribution in [3.63, 3.8) is 0 Å². The number of rotatable bonds is 4. The van der Waals surface area contributed by atoms with Crippen molar-refractivity contribution in [2.45, 2.75) is 51.7 Å². The molecule has 23 heavy (non-hydrogen) atoms. The topological polar surface area (TPSA) is 60.8 Å². The van der Waals surface area contributed by atoms with Crippen molar-refractivity contribution in [1.29, 1.82) is 0 Å². The van der Waals surface area contributed by atoms with E-state index >= 15 is 0 Å².